The molecule has 1 heterocycles. The molecule has 0 saturated heterocycles. The Hall–Kier alpha value is -1.80. The Morgan fingerprint density at radius 2 is 1.92 bits per heavy atom. The van der Waals surface area contributed by atoms with Crippen molar-refractivity contribution in [2.24, 2.45) is 0 Å². The van der Waals surface area contributed by atoms with Gasteiger partial charge in [0.25, 0.3) is 0 Å². The summed E-state index contributed by atoms with van der Waals surface area (Å²) in [7, 11) is 0. The Balaban J connectivity index is 1.49. The summed E-state index contributed by atoms with van der Waals surface area (Å²) >= 11 is 4.71. The number of hydrogen-bond donors (Lipinski definition) is 2. The standard InChI is InChI=1S/C18H21BrN4O2S/c19-13-6-8-15(9-7-13)23-11-10-20-18(23)26-12-16(24)22-17(25)21-14-4-2-1-3-5-14/h6-11,14H,1-5,12H2,(H2,21,22,24,25). The summed E-state index contributed by atoms with van der Waals surface area (Å²) < 4.78 is 2.91. The monoisotopic (exact) mass is 436 g/mol. The van der Waals surface area contributed by atoms with Crippen molar-refractivity contribution in [2.75, 3.05) is 5.75 Å². The van der Waals surface area contributed by atoms with Crippen molar-refractivity contribution in [2.45, 2.75) is 43.3 Å². The molecule has 1 aromatic carbocycles. The maximum atomic E-state index is 12.0. The summed E-state index contributed by atoms with van der Waals surface area (Å²) in [5, 5.41) is 5.99. The number of urea groups is 1. The first-order valence-electron chi connectivity index (χ1n) is 8.64. The number of aromatic nitrogens is 2. The lowest BCUT2D eigenvalue weighted by atomic mass is 9.96. The number of imide groups is 1. The minimum Gasteiger partial charge on any atom is -0.335 e. The molecule has 0 spiro atoms. The largest absolute Gasteiger partial charge is 0.335 e. The van der Waals surface area contributed by atoms with E-state index in [-0.39, 0.29) is 17.7 Å². The topological polar surface area (TPSA) is 76.0 Å². The molecule has 0 radical (unpaired) electrons. The third-order valence-electron chi connectivity index (χ3n) is 4.24. The van der Waals surface area contributed by atoms with E-state index in [2.05, 4.69) is 31.5 Å². The van der Waals surface area contributed by atoms with E-state index in [1.54, 1.807) is 6.20 Å². The molecule has 1 aromatic heterocycles. The van der Waals surface area contributed by atoms with E-state index in [0.717, 1.165) is 35.8 Å². The highest BCUT2D eigenvalue weighted by molar-refractivity contribution is 9.10. The van der Waals surface area contributed by atoms with E-state index in [4.69, 9.17) is 0 Å². The zero-order valence-corrected chi connectivity index (χ0v) is 16.7. The van der Waals surface area contributed by atoms with Gasteiger partial charge in [-0.15, -0.1) is 0 Å². The summed E-state index contributed by atoms with van der Waals surface area (Å²) in [6, 6.07) is 7.61. The SMILES string of the molecule is O=C(CSc1nccn1-c1ccc(Br)cc1)NC(=O)NC1CCCCC1. The fraction of sp³-hybridized carbons (Fsp3) is 0.389. The predicted octanol–water partition coefficient (Wildman–Crippen LogP) is 3.89. The lowest BCUT2D eigenvalue weighted by Crippen LogP contribution is -2.45. The number of nitrogens with zero attached hydrogens (tertiary/aromatic N) is 2. The predicted molar refractivity (Wildman–Crippen MR) is 106 cm³/mol. The number of benzene rings is 1. The van der Waals surface area contributed by atoms with E-state index >= 15 is 0 Å². The molecular weight excluding hydrogens is 416 g/mol. The molecule has 2 aromatic rings. The maximum absolute atomic E-state index is 12.0. The highest BCUT2D eigenvalue weighted by Crippen LogP contribution is 2.22. The number of nitrogens with one attached hydrogen (secondary N) is 2. The normalized spacial score (nSPS) is 14.8. The first kappa shape index (κ1) is 19.0. The van der Waals surface area contributed by atoms with E-state index in [0.29, 0.717) is 5.16 Å². The number of halogens is 1. The summed E-state index contributed by atoms with van der Waals surface area (Å²) in [5.74, 6) is -0.195. The van der Waals surface area contributed by atoms with Crippen molar-refractivity contribution >= 4 is 39.6 Å². The van der Waals surface area contributed by atoms with Crippen LogP contribution in [-0.2, 0) is 4.79 Å². The van der Waals surface area contributed by atoms with Crippen molar-refractivity contribution in [3.63, 3.8) is 0 Å². The van der Waals surface area contributed by atoms with Gasteiger partial charge in [0.15, 0.2) is 5.16 Å². The maximum Gasteiger partial charge on any atom is 0.321 e. The Morgan fingerprint density at radius 3 is 2.65 bits per heavy atom. The Kier molecular flexibility index (Phi) is 6.73. The molecule has 0 unspecified atom stereocenters. The third-order valence-corrected chi connectivity index (χ3v) is 5.73. The lowest BCUT2D eigenvalue weighted by molar-refractivity contribution is -0.117. The first-order valence-corrected chi connectivity index (χ1v) is 10.4. The van der Waals surface area contributed by atoms with E-state index < -0.39 is 6.03 Å². The molecule has 8 heteroatoms. The van der Waals surface area contributed by atoms with Crippen LogP contribution in [0.1, 0.15) is 32.1 Å². The van der Waals surface area contributed by atoms with E-state index in [1.165, 1.54) is 18.2 Å². The van der Waals surface area contributed by atoms with Crippen LogP contribution in [0.2, 0.25) is 0 Å². The van der Waals surface area contributed by atoms with Gasteiger partial charge >= 0.3 is 6.03 Å². The van der Waals surface area contributed by atoms with Crippen LogP contribution in [0.15, 0.2) is 46.3 Å². The van der Waals surface area contributed by atoms with Crippen LogP contribution in [0.5, 0.6) is 0 Å². The lowest BCUT2D eigenvalue weighted by Gasteiger charge is -2.22. The van der Waals surface area contributed by atoms with Gasteiger partial charge in [0.05, 0.1) is 5.75 Å². The quantitative estimate of drug-likeness (QED) is 0.697. The van der Waals surface area contributed by atoms with Crippen molar-refractivity contribution < 1.29 is 9.59 Å². The molecule has 2 N–H and O–H groups in total. The number of imidazole rings is 1. The average molecular weight is 437 g/mol. The van der Waals surface area contributed by atoms with Crippen molar-refractivity contribution in [3.05, 3.63) is 41.1 Å². The van der Waals surface area contributed by atoms with Crippen LogP contribution >= 0.6 is 27.7 Å². The molecule has 0 aliphatic heterocycles. The summed E-state index contributed by atoms with van der Waals surface area (Å²) in [6.45, 7) is 0. The second-order valence-corrected chi connectivity index (χ2v) is 8.06. The molecule has 1 saturated carbocycles. The fourth-order valence-corrected chi connectivity index (χ4v) is 3.99. The Bertz CT molecular complexity index is 757. The van der Waals surface area contributed by atoms with Crippen molar-refractivity contribution in [1.29, 1.82) is 0 Å². The second-order valence-electron chi connectivity index (χ2n) is 6.20. The van der Waals surface area contributed by atoms with Gasteiger partial charge in [-0.2, -0.15) is 0 Å². The van der Waals surface area contributed by atoms with Gasteiger partial charge in [0, 0.05) is 28.6 Å². The molecule has 1 aliphatic rings. The highest BCUT2D eigenvalue weighted by atomic mass is 79.9. The van der Waals surface area contributed by atoms with Gasteiger partial charge in [0.2, 0.25) is 5.91 Å². The molecule has 3 amide bonds. The highest BCUT2D eigenvalue weighted by Gasteiger charge is 2.17. The smallest absolute Gasteiger partial charge is 0.321 e. The minimum atomic E-state index is -0.404. The van der Waals surface area contributed by atoms with Gasteiger partial charge < -0.3 is 5.32 Å². The van der Waals surface area contributed by atoms with Gasteiger partial charge in [-0.3, -0.25) is 14.7 Å². The number of amides is 3. The van der Waals surface area contributed by atoms with E-state index in [9.17, 15) is 9.59 Å². The number of hydrogen-bond acceptors (Lipinski definition) is 4. The molecule has 138 valence electrons. The summed E-state index contributed by atoms with van der Waals surface area (Å²) in [6.07, 6.45) is 9.00. The van der Waals surface area contributed by atoms with E-state index in [1.807, 2.05) is 35.0 Å². The number of carbonyl (C=O) groups excluding carboxylic acids is 2. The van der Waals surface area contributed by atoms with Crippen LogP contribution in [0.3, 0.4) is 0 Å². The molecule has 1 aliphatic carbocycles. The molecule has 3 rings (SSSR count). The zero-order chi connectivity index (χ0) is 18.4. The van der Waals surface area contributed by atoms with Crippen LogP contribution in [0, 0.1) is 0 Å². The third kappa shape index (κ3) is 5.35. The molecule has 0 atom stereocenters. The number of rotatable bonds is 5. The zero-order valence-electron chi connectivity index (χ0n) is 14.3. The second kappa shape index (κ2) is 9.23. The van der Waals surface area contributed by atoms with Crippen LogP contribution in [0.25, 0.3) is 5.69 Å². The number of carbonyl (C=O) groups is 2. The molecule has 6 nitrogen and oxygen atoms in total. The Labute approximate surface area is 165 Å². The molecule has 1 fully saturated rings. The summed E-state index contributed by atoms with van der Waals surface area (Å²) in [5.41, 5.74) is 0.962. The van der Waals surface area contributed by atoms with Crippen LogP contribution in [0.4, 0.5) is 4.79 Å². The van der Waals surface area contributed by atoms with Crippen LogP contribution < -0.4 is 10.6 Å². The van der Waals surface area contributed by atoms with Crippen molar-refractivity contribution in [3.8, 4) is 5.69 Å². The molecule has 26 heavy (non-hydrogen) atoms. The summed E-state index contributed by atoms with van der Waals surface area (Å²) in [4.78, 5) is 28.3. The Morgan fingerprint density at radius 1 is 1.19 bits per heavy atom. The fourth-order valence-electron chi connectivity index (χ4n) is 2.96. The number of thioether (sulfide) groups is 1. The molecule has 0 bridgehead atoms. The first-order chi connectivity index (χ1) is 12.6. The van der Waals surface area contributed by atoms with Gasteiger partial charge in [-0.25, -0.2) is 9.78 Å². The van der Waals surface area contributed by atoms with Gasteiger partial charge in [-0.05, 0) is 37.1 Å². The average Bonchev–Trinajstić information content (AvgIpc) is 3.10. The van der Waals surface area contributed by atoms with Crippen molar-refractivity contribution in [1.82, 2.24) is 20.2 Å². The van der Waals surface area contributed by atoms with Gasteiger partial charge in [-0.1, -0.05) is 47.0 Å². The molecular formula is C18H21BrN4O2S. The minimum absolute atomic E-state index is 0.131. The van der Waals surface area contributed by atoms with Crippen LogP contribution in [-0.4, -0.2) is 33.3 Å². The van der Waals surface area contributed by atoms with Gasteiger partial charge in [0.1, 0.15) is 0 Å².